The summed E-state index contributed by atoms with van der Waals surface area (Å²) in [5.74, 6) is -0.905. The number of anilines is 1. The Kier molecular flexibility index (Phi) is 9.38. The molecule has 18 nitrogen and oxygen atoms in total. The summed E-state index contributed by atoms with van der Waals surface area (Å²) in [6, 6.07) is 2.57. The molecule has 0 radical (unpaired) electrons. The molecule has 21 heteroatoms. The lowest BCUT2D eigenvalue weighted by molar-refractivity contribution is -0.728. The number of phosphoric ester groups is 1. The average molecular weight is 657 g/mol. The fourth-order valence-electron chi connectivity index (χ4n) is 5.25. The molecular weight excluding hydrogens is 625 g/mol. The molecule has 7 N–H and O–H groups in total. The third kappa shape index (κ3) is 6.78. The maximum absolute atomic E-state index is 12.9. The minimum atomic E-state index is -5.02. The van der Waals surface area contributed by atoms with Crippen molar-refractivity contribution in [3.8, 4) is 0 Å². The van der Waals surface area contributed by atoms with E-state index in [1.54, 1.807) is 22.9 Å². The van der Waals surface area contributed by atoms with Crippen molar-refractivity contribution < 1.29 is 61.9 Å². The lowest BCUT2D eigenvalue weighted by Gasteiger charge is -2.22. The van der Waals surface area contributed by atoms with E-state index >= 15 is 0 Å². The van der Waals surface area contributed by atoms with Crippen LogP contribution in [0.15, 0.2) is 37.2 Å². The predicted octanol–water partition coefficient (Wildman–Crippen LogP) is -1.61. The fourth-order valence-corrected chi connectivity index (χ4v) is 7.93. The first-order chi connectivity index (χ1) is 20.7. The number of nitrogens with zero attached hydrogens (tertiary/aromatic N) is 5. The topological polar surface area (TPSA) is 263 Å². The first-order valence-corrected chi connectivity index (χ1v) is 16.9. The molecule has 10 unspecified atom stereocenters. The number of nitrogen functional groups attached to an aromatic ring is 1. The third-order valence-electron chi connectivity index (χ3n) is 7.56. The van der Waals surface area contributed by atoms with Crippen LogP contribution in [0, 0.1) is 5.92 Å². The van der Waals surface area contributed by atoms with Crippen LogP contribution in [0.3, 0.4) is 0 Å². The Balaban J connectivity index is 1.16. The number of aliphatic hydroxyl groups excluding tert-OH is 4. The number of aliphatic hydroxyl groups is 4. The zero-order chi connectivity index (χ0) is 32.0. The molecule has 1 aliphatic heterocycles. The highest BCUT2D eigenvalue weighted by atomic mass is 31.3. The summed E-state index contributed by atoms with van der Waals surface area (Å²) in [5.41, 5.74) is 6.66. The normalized spacial score (nSPS) is 31.6. The van der Waals surface area contributed by atoms with Crippen LogP contribution in [0.2, 0.25) is 0 Å². The van der Waals surface area contributed by atoms with E-state index in [0.717, 1.165) is 7.57 Å². The van der Waals surface area contributed by atoms with Gasteiger partial charge in [-0.05, 0) is 13.0 Å². The molecule has 44 heavy (non-hydrogen) atoms. The van der Waals surface area contributed by atoms with Gasteiger partial charge in [-0.3, -0.25) is 18.5 Å². The van der Waals surface area contributed by atoms with Gasteiger partial charge in [0, 0.05) is 18.4 Å². The Morgan fingerprint density at radius 2 is 1.89 bits per heavy atom. The molecule has 1 saturated heterocycles. The van der Waals surface area contributed by atoms with Gasteiger partial charge in [-0.2, -0.15) is 4.57 Å². The minimum absolute atomic E-state index is 0.0955. The van der Waals surface area contributed by atoms with Crippen molar-refractivity contribution in [2.24, 2.45) is 5.92 Å². The molecular formula is C23H32BN6O12P2+. The highest BCUT2D eigenvalue weighted by Crippen LogP contribution is 2.60. The Bertz CT molecular complexity index is 1630. The number of hydrogen-bond acceptors (Lipinski definition) is 15. The van der Waals surface area contributed by atoms with Crippen LogP contribution in [0.5, 0.6) is 0 Å². The highest BCUT2D eigenvalue weighted by molar-refractivity contribution is 7.83. The zero-order valence-electron chi connectivity index (χ0n) is 23.5. The van der Waals surface area contributed by atoms with Crippen molar-refractivity contribution in [2.45, 2.75) is 56.1 Å². The quantitative estimate of drug-likeness (QED) is 0.0586. The molecule has 10 atom stereocenters. The average Bonchev–Trinajstić information content (AvgIpc) is 3.61. The van der Waals surface area contributed by atoms with Crippen LogP contribution in [0.25, 0.3) is 11.2 Å². The molecule has 1 aliphatic carbocycles. The van der Waals surface area contributed by atoms with Gasteiger partial charge in [0.15, 0.2) is 41.9 Å². The smallest absolute Gasteiger partial charge is 0.390 e. The number of pyridine rings is 1. The van der Waals surface area contributed by atoms with Crippen molar-refractivity contribution in [2.75, 3.05) is 18.9 Å². The number of carbonyl (C=O) groups is 1. The van der Waals surface area contributed by atoms with Crippen LogP contribution < -0.4 is 10.3 Å². The molecule has 0 amide bonds. The number of ketones is 1. The molecule has 2 fully saturated rings. The minimum Gasteiger partial charge on any atom is -0.390 e. The Morgan fingerprint density at radius 3 is 2.61 bits per heavy atom. The molecule has 238 valence electrons. The second-order valence-corrected chi connectivity index (χ2v) is 14.3. The van der Waals surface area contributed by atoms with E-state index in [1.165, 1.54) is 30.3 Å². The summed E-state index contributed by atoms with van der Waals surface area (Å²) in [6.45, 7) is 0.239. The fraction of sp³-hybridized carbons (Fsp3) is 0.522. The molecule has 0 spiro atoms. The van der Waals surface area contributed by atoms with Crippen LogP contribution in [0.4, 0.5) is 5.82 Å². The van der Waals surface area contributed by atoms with Gasteiger partial charge in [-0.1, -0.05) is 0 Å². The van der Waals surface area contributed by atoms with E-state index in [-0.39, 0.29) is 29.2 Å². The zero-order valence-corrected chi connectivity index (χ0v) is 25.3. The Labute approximate surface area is 250 Å². The van der Waals surface area contributed by atoms with Crippen LogP contribution in [-0.2, 0) is 27.2 Å². The second-order valence-electron chi connectivity index (χ2n) is 10.7. The van der Waals surface area contributed by atoms with Crippen LogP contribution in [-0.4, -0.2) is 102 Å². The lowest BCUT2D eigenvalue weighted by atomic mass is 10.1. The number of imidazole rings is 1. The van der Waals surface area contributed by atoms with Crippen molar-refractivity contribution in [1.29, 1.82) is 0 Å². The van der Waals surface area contributed by atoms with Crippen molar-refractivity contribution in [3.05, 3.63) is 42.7 Å². The largest absolute Gasteiger partial charge is 0.478 e. The van der Waals surface area contributed by atoms with Gasteiger partial charge in [0.2, 0.25) is 0 Å². The number of aromatic nitrogens is 5. The van der Waals surface area contributed by atoms with E-state index < -0.39 is 77.2 Å². The van der Waals surface area contributed by atoms with Crippen molar-refractivity contribution in [1.82, 2.24) is 19.5 Å². The van der Waals surface area contributed by atoms with Crippen molar-refractivity contribution >= 4 is 45.6 Å². The monoisotopic (exact) mass is 657 g/mol. The summed E-state index contributed by atoms with van der Waals surface area (Å²) < 4.78 is 49.1. The van der Waals surface area contributed by atoms with Crippen molar-refractivity contribution in [3.63, 3.8) is 0 Å². The SMILES string of the molecule is BP(=O)(OCC1OC(n2cnc3c(N)ncnc32)C(O)C1O)OP(=O)(O)OCC1CC([n+]2cccc(C(C)=O)c2)C(O)C1O. The maximum Gasteiger partial charge on any atom is 0.478 e. The lowest BCUT2D eigenvalue weighted by Crippen LogP contribution is -2.45. The Morgan fingerprint density at radius 1 is 1.14 bits per heavy atom. The van der Waals surface area contributed by atoms with Gasteiger partial charge in [-0.15, -0.1) is 0 Å². The Hall–Kier alpha value is -2.67. The van der Waals surface area contributed by atoms with Gasteiger partial charge in [0.1, 0.15) is 36.3 Å². The van der Waals surface area contributed by atoms with Crippen LogP contribution in [0.1, 0.15) is 36.0 Å². The van der Waals surface area contributed by atoms with E-state index in [4.69, 9.17) is 23.8 Å². The number of nitrogens with two attached hydrogens (primary N) is 1. The standard InChI is InChI=1S/C23H31BN6O12P2/c1-11(31)12-3-2-4-29(6-12)14-5-13(17(32)18(14)33)7-40-44(37,38)42-43(24,36)39-8-15-19(34)20(35)23(41-15)30-10-28-16-21(25)26-9-27-22(16)30/h2-4,6,9-10,13-15,17-20,23,32-35H,5,7-8,24H2,1H3,(H2-,25,26,27,37,38)/p+1. The number of rotatable bonds is 11. The number of phosphoric acid groups is 1. The number of ether oxygens (including phenoxy) is 1. The van der Waals surface area contributed by atoms with E-state index in [0.29, 0.717) is 5.56 Å². The van der Waals surface area contributed by atoms with Gasteiger partial charge >= 0.3 is 7.82 Å². The first-order valence-electron chi connectivity index (χ1n) is 13.4. The number of fused-ring (bicyclic) bond motifs is 1. The molecule has 0 aromatic carbocycles. The molecule has 4 heterocycles. The highest BCUT2D eigenvalue weighted by Gasteiger charge is 2.49. The maximum atomic E-state index is 12.9. The molecule has 1 saturated carbocycles. The summed E-state index contributed by atoms with van der Waals surface area (Å²) in [5, 5.41) is 42.2. The van der Waals surface area contributed by atoms with E-state index in [1.807, 2.05) is 0 Å². The summed E-state index contributed by atoms with van der Waals surface area (Å²) in [7, 11) is -8.44. The summed E-state index contributed by atoms with van der Waals surface area (Å²) in [6.07, 6.45) is -2.28. The van der Waals surface area contributed by atoms with E-state index in [9.17, 15) is 39.2 Å². The van der Waals surface area contributed by atoms with Gasteiger partial charge in [-0.25, -0.2) is 23.8 Å². The van der Waals surface area contributed by atoms with Gasteiger partial charge in [0.05, 0.1) is 31.2 Å². The summed E-state index contributed by atoms with van der Waals surface area (Å²) in [4.78, 5) is 33.9. The summed E-state index contributed by atoms with van der Waals surface area (Å²) >= 11 is 0. The molecule has 3 aromatic rings. The first kappa shape index (κ1) is 32.7. The number of hydrogen-bond donors (Lipinski definition) is 6. The second kappa shape index (κ2) is 12.6. The molecule has 0 bridgehead atoms. The number of carbonyl (C=O) groups excluding carboxylic acids is 1. The molecule has 5 rings (SSSR count). The number of Topliss-reactive ketones (excluding diaryl/α,β-unsaturated/α-hetero) is 1. The third-order valence-corrected chi connectivity index (χ3v) is 10.7. The molecule has 2 aliphatic rings. The predicted molar refractivity (Wildman–Crippen MR) is 150 cm³/mol. The molecule has 3 aromatic heterocycles. The van der Waals surface area contributed by atoms with Gasteiger partial charge in [0.25, 0.3) is 15.0 Å². The van der Waals surface area contributed by atoms with Crippen LogP contribution >= 0.6 is 15.3 Å². The van der Waals surface area contributed by atoms with Gasteiger partial charge < -0.3 is 40.3 Å². The van der Waals surface area contributed by atoms with E-state index in [2.05, 4.69) is 15.0 Å².